The summed E-state index contributed by atoms with van der Waals surface area (Å²) < 4.78 is 53.6. The van der Waals surface area contributed by atoms with Gasteiger partial charge in [0.25, 0.3) is 0 Å². The van der Waals surface area contributed by atoms with E-state index in [1.54, 1.807) is 0 Å². The van der Waals surface area contributed by atoms with E-state index in [2.05, 4.69) is 4.74 Å². The maximum atomic E-state index is 12.1. The first-order valence-electron chi connectivity index (χ1n) is 5.49. The second kappa shape index (κ2) is 6.49. The number of nitrogens with zero attached hydrogens (tertiary/aromatic N) is 1. The molecule has 1 aromatic rings. The molecule has 0 saturated heterocycles. The molecule has 0 amide bonds. The Balaban J connectivity index is 3.07. The molecule has 0 radical (unpaired) electrons. The predicted octanol–water partition coefficient (Wildman–Crippen LogP) is 2.97. The van der Waals surface area contributed by atoms with Crippen LogP contribution in [0.4, 0.5) is 8.78 Å². The van der Waals surface area contributed by atoms with Gasteiger partial charge in [-0.15, -0.1) is 0 Å². The molecule has 0 atom stereocenters. The highest BCUT2D eigenvalue weighted by Gasteiger charge is 2.21. The van der Waals surface area contributed by atoms with Crippen LogP contribution in [0.2, 0.25) is 5.02 Å². The highest BCUT2D eigenvalue weighted by atomic mass is 35.5. The second-order valence-corrected chi connectivity index (χ2v) is 6.25. The van der Waals surface area contributed by atoms with Crippen molar-refractivity contribution in [3.05, 3.63) is 23.2 Å². The van der Waals surface area contributed by atoms with Crippen molar-refractivity contribution in [1.29, 1.82) is 0 Å². The van der Waals surface area contributed by atoms with Crippen molar-refractivity contribution in [3.8, 4) is 5.75 Å². The van der Waals surface area contributed by atoms with Gasteiger partial charge < -0.3 is 4.74 Å². The number of sulfonamides is 1. The summed E-state index contributed by atoms with van der Waals surface area (Å²) in [5.41, 5.74) is 0. The average molecular weight is 314 g/mol. The molecule has 0 spiro atoms. The summed E-state index contributed by atoms with van der Waals surface area (Å²) in [5, 5.41) is -0.175. The van der Waals surface area contributed by atoms with Crippen molar-refractivity contribution in [2.75, 3.05) is 13.6 Å². The summed E-state index contributed by atoms with van der Waals surface area (Å²) in [6.07, 6.45) is 0.663. The van der Waals surface area contributed by atoms with Gasteiger partial charge in [-0.1, -0.05) is 18.5 Å². The minimum atomic E-state index is -3.66. The number of halogens is 3. The molecule has 0 aliphatic carbocycles. The lowest BCUT2D eigenvalue weighted by Crippen LogP contribution is -2.27. The van der Waals surface area contributed by atoms with E-state index in [0.717, 1.165) is 12.1 Å². The molecule has 4 nitrogen and oxygen atoms in total. The van der Waals surface area contributed by atoms with Crippen LogP contribution in [0.3, 0.4) is 0 Å². The van der Waals surface area contributed by atoms with Gasteiger partial charge in [0, 0.05) is 13.6 Å². The van der Waals surface area contributed by atoms with Gasteiger partial charge in [-0.2, -0.15) is 8.78 Å². The molecule has 0 aromatic heterocycles. The standard InChI is InChI=1S/C11H14ClF2NO3S/c1-3-6-15(2)19(16,17)8-4-5-10(9(12)7-8)18-11(13)14/h4-5,7,11H,3,6H2,1-2H3. The summed E-state index contributed by atoms with van der Waals surface area (Å²) in [4.78, 5) is -0.0601. The number of alkyl halides is 2. The van der Waals surface area contributed by atoms with E-state index in [1.807, 2.05) is 6.92 Å². The number of hydrogen-bond donors (Lipinski definition) is 0. The van der Waals surface area contributed by atoms with Crippen LogP contribution in [0.25, 0.3) is 0 Å². The summed E-state index contributed by atoms with van der Waals surface area (Å²) in [5.74, 6) is -0.256. The fourth-order valence-corrected chi connectivity index (χ4v) is 3.03. The zero-order valence-electron chi connectivity index (χ0n) is 10.4. The van der Waals surface area contributed by atoms with Gasteiger partial charge in [-0.25, -0.2) is 12.7 Å². The first kappa shape index (κ1) is 16.1. The fourth-order valence-electron chi connectivity index (χ4n) is 1.45. The van der Waals surface area contributed by atoms with E-state index in [0.29, 0.717) is 13.0 Å². The molecule has 1 aromatic carbocycles. The number of rotatable bonds is 6. The Morgan fingerprint density at radius 2 is 2.05 bits per heavy atom. The van der Waals surface area contributed by atoms with Gasteiger partial charge in [0.05, 0.1) is 9.92 Å². The lowest BCUT2D eigenvalue weighted by Gasteiger charge is -2.17. The zero-order valence-corrected chi connectivity index (χ0v) is 12.0. The van der Waals surface area contributed by atoms with E-state index < -0.39 is 16.6 Å². The Kier molecular flexibility index (Phi) is 5.51. The summed E-state index contributed by atoms with van der Waals surface area (Å²) >= 11 is 5.72. The average Bonchev–Trinajstić information content (AvgIpc) is 2.31. The van der Waals surface area contributed by atoms with Crippen LogP contribution in [-0.4, -0.2) is 32.9 Å². The predicted molar refractivity (Wildman–Crippen MR) is 68.2 cm³/mol. The second-order valence-electron chi connectivity index (χ2n) is 3.80. The molecule has 19 heavy (non-hydrogen) atoms. The topological polar surface area (TPSA) is 46.6 Å². The molecule has 108 valence electrons. The van der Waals surface area contributed by atoms with Crippen molar-refractivity contribution in [2.45, 2.75) is 24.9 Å². The number of benzene rings is 1. The van der Waals surface area contributed by atoms with Crippen LogP contribution in [0.5, 0.6) is 5.75 Å². The third kappa shape index (κ3) is 4.02. The van der Waals surface area contributed by atoms with Crippen LogP contribution < -0.4 is 4.74 Å². The van der Waals surface area contributed by atoms with Crippen molar-refractivity contribution in [1.82, 2.24) is 4.31 Å². The molecule has 0 unspecified atom stereocenters. The van der Waals surface area contributed by atoms with Gasteiger partial charge in [0.2, 0.25) is 10.0 Å². The molecule has 0 heterocycles. The van der Waals surface area contributed by atoms with Crippen molar-refractivity contribution in [3.63, 3.8) is 0 Å². The normalized spacial score (nSPS) is 12.2. The lowest BCUT2D eigenvalue weighted by atomic mass is 10.3. The van der Waals surface area contributed by atoms with Gasteiger partial charge in [0.15, 0.2) is 0 Å². The summed E-state index contributed by atoms with van der Waals surface area (Å²) in [7, 11) is -2.22. The third-order valence-corrected chi connectivity index (χ3v) is 4.51. The van der Waals surface area contributed by atoms with Gasteiger partial charge >= 0.3 is 6.61 Å². The van der Waals surface area contributed by atoms with E-state index in [-0.39, 0.29) is 15.7 Å². The maximum Gasteiger partial charge on any atom is 0.387 e. The van der Waals surface area contributed by atoms with Gasteiger partial charge in [0.1, 0.15) is 5.75 Å². The molecule has 0 N–H and O–H groups in total. The minimum absolute atomic E-state index is 0.0601. The fraction of sp³-hybridized carbons (Fsp3) is 0.455. The minimum Gasteiger partial charge on any atom is -0.433 e. The van der Waals surface area contributed by atoms with Crippen molar-refractivity contribution >= 4 is 21.6 Å². The summed E-state index contributed by atoms with van der Waals surface area (Å²) in [6.45, 7) is -0.809. The molecular weight excluding hydrogens is 300 g/mol. The highest BCUT2D eigenvalue weighted by Crippen LogP contribution is 2.29. The molecule has 0 aliphatic heterocycles. The first-order valence-corrected chi connectivity index (χ1v) is 7.31. The Morgan fingerprint density at radius 3 is 2.53 bits per heavy atom. The van der Waals surface area contributed by atoms with Crippen LogP contribution >= 0.6 is 11.6 Å². The van der Waals surface area contributed by atoms with E-state index in [9.17, 15) is 17.2 Å². The smallest absolute Gasteiger partial charge is 0.387 e. The molecule has 0 saturated carbocycles. The van der Waals surface area contributed by atoms with E-state index in [1.165, 1.54) is 17.4 Å². The Bertz CT molecular complexity index is 537. The molecule has 8 heteroatoms. The number of ether oxygens (including phenoxy) is 1. The first-order chi connectivity index (χ1) is 8.78. The maximum absolute atomic E-state index is 12.1. The van der Waals surface area contributed by atoms with Crippen molar-refractivity contribution < 1.29 is 21.9 Å². The Morgan fingerprint density at radius 1 is 1.42 bits per heavy atom. The summed E-state index contributed by atoms with van der Waals surface area (Å²) in [6, 6.07) is 3.40. The van der Waals surface area contributed by atoms with Crippen LogP contribution in [0.15, 0.2) is 23.1 Å². The highest BCUT2D eigenvalue weighted by molar-refractivity contribution is 7.89. The largest absolute Gasteiger partial charge is 0.433 e. The molecule has 1 rings (SSSR count). The Hall–Kier alpha value is -0.920. The quantitative estimate of drug-likeness (QED) is 0.811. The third-order valence-electron chi connectivity index (χ3n) is 2.37. The van der Waals surface area contributed by atoms with Crippen molar-refractivity contribution in [2.24, 2.45) is 0 Å². The van der Waals surface area contributed by atoms with Gasteiger partial charge in [-0.3, -0.25) is 0 Å². The SMILES string of the molecule is CCCN(C)S(=O)(=O)c1ccc(OC(F)F)c(Cl)c1. The molecule has 0 bridgehead atoms. The monoisotopic (exact) mass is 313 g/mol. The van der Waals surface area contributed by atoms with Crippen LogP contribution in [-0.2, 0) is 10.0 Å². The van der Waals surface area contributed by atoms with E-state index >= 15 is 0 Å². The zero-order chi connectivity index (χ0) is 14.6. The lowest BCUT2D eigenvalue weighted by molar-refractivity contribution is -0.0498. The molecule has 0 aliphatic rings. The molecular formula is C11H14ClF2NO3S. The molecule has 0 fully saturated rings. The van der Waals surface area contributed by atoms with Gasteiger partial charge in [-0.05, 0) is 24.6 Å². The van der Waals surface area contributed by atoms with E-state index in [4.69, 9.17) is 11.6 Å². The Labute approximate surface area is 116 Å². The van der Waals surface area contributed by atoms with Crippen LogP contribution in [0.1, 0.15) is 13.3 Å². The number of hydrogen-bond acceptors (Lipinski definition) is 3. The van der Waals surface area contributed by atoms with Crippen LogP contribution in [0, 0.1) is 0 Å².